The van der Waals surface area contributed by atoms with Crippen LogP contribution in [0.1, 0.15) is 23.1 Å². The van der Waals surface area contributed by atoms with Gasteiger partial charge in [-0.15, -0.1) is 10.2 Å². The van der Waals surface area contributed by atoms with Gasteiger partial charge >= 0.3 is 0 Å². The van der Waals surface area contributed by atoms with Crippen LogP contribution in [0.3, 0.4) is 0 Å². The smallest absolute Gasteiger partial charge is 0.234 e. The predicted molar refractivity (Wildman–Crippen MR) is 89.2 cm³/mol. The molecule has 0 unspecified atom stereocenters. The molecule has 1 aromatic carbocycles. The number of nitrogens with one attached hydrogen (secondary N) is 1. The first-order valence-electron chi connectivity index (χ1n) is 8.12. The molecule has 0 spiro atoms. The van der Waals surface area contributed by atoms with Gasteiger partial charge < -0.3 is 14.6 Å². The van der Waals surface area contributed by atoms with Gasteiger partial charge in [-0.25, -0.2) is 0 Å². The Hall–Kier alpha value is -2.25. The molecule has 2 aromatic rings. The van der Waals surface area contributed by atoms with E-state index in [1.165, 1.54) is 5.56 Å². The highest BCUT2D eigenvalue weighted by Gasteiger charge is 2.26. The summed E-state index contributed by atoms with van der Waals surface area (Å²) in [5, 5.41) is 11.0. The zero-order valence-electron chi connectivity index (χ0n) is 14.1. The summed E-state index contributed by atoms with van der Waals surface area (Å²) in [6.07, 6.45) is 1.52. The van der Waals surface area contributed by atoms with Crippen LogP contribution in [0.15, 0.2) is 30.6 Å². The molecular formula is C17H23N5O2. The van der Waals surface area contributed by atoms with E-state index in [9.17, 15) is 4.79 Å². The number of carbonyl (C=O) groups is 1. The van der Waals surface area contributed by atoms with Crippen LogP contribution in [0, 0.1) is 6.92 Å². The molecule has 0 radical (unpaired) electrons. The highest BCUT2D eigenvalue weighted by atomic mass is 16.5. The van der Waals surface area contributed by atoms with Crippen LogP contribution in [0.5, 0.6) is 0 Å². The Labute approximate surface area is 141 Å². The molecule has 1 aromatic heterocycles. The average molecular weight is 329 g/mol. The second kappa shape index (κ2) is 7.55. The molecule has 3 rings (SSSR count). The maximum Gasteiger partial charge on any atom is 0.234 e. The van der Waals surface area contributed by atoms with E-state index in [1.54, 1.807) is 6.33 Å². The summed E-state index contributed by atoms with van der Waals surface area (Å²) < 4.78 is 7.62. The van der Waals surface area contributed by atoms with Gasteiger partial charge in [-0.2, -0.15) is 0 Å². The largest absolute Gasteiger partial charge is 0.368 e. The lowest BCUT2D eigenvalue weighted by Crippen LogP contribution is -2.44. The summed E-state index contributed by atoms with van der Waals surface area (Å²) in [4.78, 5) is 14.3. The molecule has 7 nitrogen and oxygen atoms in total. The van der Waals surface area contributed by atoms with Crippen LogP contribution in [0.2, 0.25) is 0 Å². The number of benzene rings is 1. The maximum absolute atomic E-state index is 12.2. The van der Waals surface area contributed by atoms with Crippen molar-refractivity contribution in [1.29, 1.82) is 0 Å². The Kier molecular flexibility index (Phi) is 5.22. The standard InChI is InChI=1S/C17H23N5O2/c1-13-5-3-4-6-14(13)9-18-16(23)11-22-7-8-24-15(10-22)17-20-19-12-21(17)2/h3-6,12,15H,7-11H2,1-2H3,(H,18,23)/t15-/m1/s1. The number of rotatable bonds is 5. The van der Waals surface area contributed by atoms with Crippen molar-refractivity contribution in [2.24, 2.45) is 7.05 Å². The monoisotopic (exact) mass is 329 g/mol. The number of hydrogen-bond acceptors (Lipinski definition) is 5. The van der Waals surface area contributed by atoms with Crippen molar-refractivity contribution in [3.63, 3.8) is 0 Å². The van der Waals surface area contributed by atoms with E-state index in [0.29, 0.717) is 26.2 Å². The van der Waals surface area contributed by atoms with Gasteiger partial charge in [0.05, 0.1) is 13.2 Å². The summed E-state index contributed by atoms with van der Waals surface area (Å²) in [5.74, 6) is 0.817. The number of morpholine rings is 1. The van der Waals surface area contributed by atoms with E-state index in [4.69, 9.17) is 4.74 Å². The third-order valence-electron chi connectivity index (χ3n) is 4.29. The SMILES string of the molecule is Cc1ccccc1CNC(=O)CN1CCO[C@@H](c2nncn2C)C1. The van der Waals surface area contributed by atoms with Crippen molar-refractivity contribution >= 4 is 5.91 Å². The second-order valence-electron chi connectivity index (χ2n) is 6.10. The van der Waals surface area contributed by atoms with Gasteiger partial charge in [-0.05, 0) is 18.1 Å². The summed E-state index contributed by atoms with van der Waals surface area (Å²) in [6.45, 7) is 4.94. The van der Waals surface area contributed by atoms with Gasteiger partial charge in [0, 0.05) is 26.7 Å². The average Bonchev–Trinajstić information content (AvgIpc) is 3.00. The highest BCUT2D eigenvalue weighted by Crippen LogP contribution is 2.19. The molecule has 1 N–H and O–H groups in total. The van der Waals surface area contributed by atoms with Gasteiger partial charge in [-0.3, -0.25) is 9.69 Å². The van der Waals surface area contributed by atoms with Crippen molar-refractivity contribution < 1.29 is 9.53 Å². The second-order valence-corrected chi connectivity index (χ2v) is 6.10. The van der Waals surface area contributed by atoms with Crippen molar-refractivity contribution in [2.45, 2.75) is 19.6 Å². The van der Waals surface area contributed by atoms with Gasteiger partial charge in [-0.1, -0.05) is 24.3 Å². The molecule has 0 saturated carbocycles. The number of aryl methyl sites for hydroxylation is 2. The van der Waals surface area contributed by atoms with E-state index in [2.05, 4.69) is 33.4 Å². The Morgan fingerprint density at radius 3 is 3.00 bits per heavy atom. The van der Waals surface area contributed by atoms with Gasteiger partial charge in [0.2, 0.25) is 5.91 Å². The molecule has 1 fully saturated rings. The van der Waals surface area contributed by atoms with E-state index in [1.807, 2.05) is 29.8 Å². The summed E-state index contributed by atoms with van der Waals surface area (Å²) in [7, 11) is 1.90. The molecule has 24 heavy (non-hydrogen) atoms. The van der Waals surface area contributed by atoms with Crippen molar-refractivity contribution in [3.8, 4) is 0 Å². The Balaban J connectivity index is 1.51. The minimum Gasteiger partial charge on any atom is -0.368 e. The molecule has 7 heteroatoms. The van der Waals surface area contributed by atoms with E-state index in [-0.39, 0.29) is 12.0 Å². The number of nitrogens with zero attached hydrogens (tertiary/aromatic N) is 4. The predicted octanol–water partition coefficient (Wildman–Crippen LogP) is 0.813. The van der Waals surface area contributed by atoms with Crippen LogP contribution in [0.4, 0.5) is 0 Å². The lowest BCUT2D eigenvalue weighted by Gasteiger charge is -2.31. The first-order chi connectivity index (χ1) is 11.6. The first-order valence-corrected chi connectivity index (χ1v) is 8.12. The fraction of sp³-hybridized carbons (Fsp3) is 0.471. The summed E-state index contributed by atoms with van der Waals surface area (Å²) >= 11 is 0. The fourth-order valence-corrected chi connectivity index (χ4v) is 2.85. The zero-order valence-corrected chi connectivity index (χ0v) is 14.1. The number of aromatic nitrogens is 3. The third-order valence-corrected chi connectivity index (χ3v) is 4.29. The van der Waals surface area contributed by atoms with Gasteiger partial charge in [0.1, 0.15) is 12.4 Å². The first kappa shape index (κ1) is 16.6. The zero-order chi connectivity index (χ0) is 16.9. The number of carbonyl (C=O) groups excluding carboxylic acids is 1. The molecule has 1 aliphatic heterocycles. The normalized spacial score (nSPS) is 18.5. The number of ether oxygens (including phenoxy) is 1. The van der Waals surface area contributed by atoms with E-state index in [0.717, 1.165) is 17.9 Å². The van der Waals surface area contributed by atoms with Gasteiger partial charge in [0.25, 0.3) is 0 Å². The van der Waals surface area contributed by atoms with Crippen LogP contribution in [0.25, 0.3) is 0 Å². The lowest BCUT2D eigenvalue weighted by molar-refractivity contribution is -0.124. The quantitative estimate of drug-likeness (QED) is 0.879. The molecule has 128 valence electrons. The highest BCUT2D eigenvalue weighted by molar-refractivity contribution is 5.78. The third kappa shape index (κ3) is 3.98. The summed E-state index contributed by atoms with van der Waals surface area (Å²) in [6, 6.07) is 8.08. The minimum atomic E-state index is -0.143. The molecule has 1 amide bonds. The van der Waals surface area contributed by atoms with Crippen molar-refractivity contribution in [1.82, 2.24) is 25.0 Å². The molecule has 1 atom stereocenters. The van der Waals surface area contributed by atoms with Crippen LogP contribution in [-0.4, -0.2) is 51.8 Å². The van der Waals surface area contributed by atoms with Crippen molar-refractivity contribution in [2.75, 3.05) is 26.2 Å². The van der Waals surface area contributed by atoms with Crippen LogP contribution >= 0.6 is 0 Å². The lowest BCUT2D eigenvalue weighted by atomic mass is 10.1. The fourth-order valence-electron chi connectivity index (χ4n) is 2.85. The molecule has 1 aliphatic rings. The van der Waals surface area contributed by atoms with Crippen molar-refractivity contribution in [3.05, 3.63) is 47.5 Å². The molecule has 0 bridgehead atoms. The van der Waals surface area contributed by atoms with Gasteiger partial charge in [0.15, 0.2) is 5.82 Å². The van der Waals surface area contributed by atoms with E-state index >= 15 is 0 Å². The molecule has 1 saturated heterocycles. The topological polar surface area (TPSA) is 72.3 Å². The maximum atomic E-state index is 12.2. The van der Waals surface area contributed by atoms with Crippen LogP contribution < -0.4 is 5.32 Å². The molecule has 2 heterocycles. The minimum absolute atomic E-state index is 0.0249. The summed E-state index contributed by atoms with van der Waals surface area (Å²) in [5.41, 5.74) is 2.33. The number of hydrogen-bond donors (Lipinski definition) is 1. The molecule has 0 aliphatic carbocycles. The van der Waals surface area contributed by atoms with E-state index < -0.39 is 0 Å². The Morgan fingerprint density at radius 2 is 2.25 bits per heavy atom. The Bertz CT molecular complexity index is 700. The van der Waals surface area contributed by atoms with Crippen LogP contribution in [-0.2, 0) is 23.1 Å². The Morgan fingerprint density at radius 1 is 1.42 bits per heavy atom. The number of amides is 1. The molecular weight excluding hydrogens is 306 g/mol.